The Hall–Kier alpha value is -2.31. The maximum atomic E-state index is 11.5. The summed E-state index contributed by atoms with van der Waals surface area (Å²) in [7, 11) is 0. The molecule has 0 radical (unpaired) electrons. The number of aromatic nitrogens is 5. The second-order valence-electron chi connectivity index (χ2n) is 6.23. The van der Waals surface area contributed by atoms with Crippen LogP contribution in [-0.4, -0.2) is 36.3 Å². The Morgan fingerprint density at radius 3 is 2.76 bits per heavy atom. The predicted molar refractivity (Wildman–Crippen MR) is 76.2 cm³/mol. The highest BCUT2D eigenvalue weighted by Crippen LogP contribution is 2.26. The average Bonchev–Trinajstić information content (AvgIpc) is 2.85. The summed E-state index contributed by atoms with van der Waals surface area (Å²) in [5.74, 6) is -0.843. The molecule has 0 aliphatic carbocycles. The molecule has 0 saturated carbocycles. The Kier molecular flexibility index (Phi) is 4.30. The summed E-state index contributed by atoms with van der Waals surface area (Å²) in [6.45, 7) is 6.30. The van der Waals surface area contributed by atoms with E-state index in [1.165, 1.54) is 4.68 Å². The quantitative estimate of drug-likeness (QED) is 0.903. The number of rotatable bonds is 5. The fourth-order valence-corrected chi connectivity index (χ4v) is 2.21. The van der Waals surface area contributed by atoms with Crippen LogP contribution in [0.15, 0.2) is 24.5 Å². The minimum atomic E-state index is -0.836. The zero-order chi connectivity index (χ0) is 15.5. The molecule has 1 atom stereocenters. The van der Waals surface area contributed by atoms with E-state index < -0.39 is 11.9 Å². The second kappa shape index (κ2) is 5.99. The highest BCUT2D eigenvalue weighted by atomic mass is 16.4. The Morgan fingerprint density at radius 2 is 2.19 bits per heavy atom. The van der Waals surface area contributed by atoms with Crippen molar-refractivity contribution in [2.75, 3.05) is 0 Å². The van der Waals surface area contributed by atoms with Crippen LogP contribution in [0.2, 0.25) is 0 Å². The minimum Gasteiger partial charge on any atom is -0.481 e. The SMILES string of the molecule is CC(C)(C)CC(Cn1nnnc1-c1cccnc1)C(=O)O. The lowest BCUT2D eigenvalue weighted by atomic mass is 9.84. The van der Waals surface area contributed by atoms with Crippen molar-refractivity contribution in [3.63, 3.8) is 0 Å². The van der Waals surface area contributed by atoms with Gasteiger partial charge in [-0.2, -0.15) is 0 Å². The van der Waals surface area contributed by atoms with Gasteiger partial charge in [0.25, 0.3) is 0 Å². The van der Waals surface area contributed by atoms with Crippen molar-refractivity contribution >= 4 is 5.97 Å². The topological polar surface area (TPSA) is 93.8 Å². The largest absolute Gasteiger partial charge is 0.481 e. The van der Waals surface area contributed by atoms with Crippen molar-refractivity contribution in [1.29, 1.82) is 0 Å². The number of nitrogens with zero attached hydrogens (tertiary/aromatic N) is 5. The maximum Gasteiger partial charge on any atom is 0.308 e. The number of hydrogen-bond donors (Lipinski definition) is 1. The van der Waals surface area contributed by atoms with Crippen LogP contribution in [0.4, 0.5) is 0 Å². The summed E-state index contributed by atoms with van der Waals surface area (Å²) < 4.78 is 1.53. The lowest BCUT2D eigenvalue weighted by Gasteiger charge is -2.23. The van der Waals surface area contributed by atoms with Crippen LogP contribution in [0, 0.1) is 11.3 Å². The summed E-state index contributed by atoms with van der Waals surface area (Å²) in [5.41, 5.74) is 0.688. The number of carboxylic acids is 1. The van der Waals surface area contributed by atoms with Crippen LogP contribution in [0.25, 0.3) is 11.4 Å². The molecule has 0 bridgehead atoms. The van der Waals surface area contributed by atoms with E-state index in [-0.39, 0.29) is 12.0 Å². The molecule has 7 nitrogen and oxygen atoms in total. The molecule has 0 aliphatic rings. The lowest BCUT2D eigenvalue weighted by Crippen LogP contribution is -2.26. The highest BCUT2D eigenvalue weighted by Gasteiger charge is 2.26. The average molecular weight is 289 g/mol. The number of hydrogen-bond acceptors (Lipinski definition) is 5. The molecule has 21 heavy (non-hydrogen) atoms. The van der Waals surface area contributed by atoms with Gasteiger partial charge in [0.1, 0.15) is 0 Å². The molecular weight excluding hydrogens is 270 g/mol. The number of carboxylic acid groups (broad SMARTS) is 1. The van der Waals surface area contributed by atoms with E-state index in [4.69, 9.17) is 0 Å². The van der Waals surface area contributed by atoms with E-state index in [0.29, 0.717) is 12.2 Å². The molecule has 0 fully saturated rings. The van der Waals surface area contributed by atoms with Crippen molar-refractivity contribution < 1.29 is 9.90 Å². The normalized spacial score (nSPS) is 13.1. The molecule has 0 amide bonds. The van der Waals surface area contributed by atoms with Crippen LogP contribution < -0.4 is 0 Å². The molecule has 0 aliphatic heterocycles. The first-order chi connectivity index (χ1) is 9.87. The molecule has 2 aromatic rings. The summed E-state index contributed by atoms with van der Waals surface area (Å²) in [5, 5.41) is 20.9. The molecule has 1 unspecified atom stereocenters. The zero-order valence-corrected chi connectivity index (χ0v) is 12.4. The van der Waals surface area contributed by atoms with Crippen molar-refractivity contribution in [3.05, 3.63) is 24.5 Å². The number of tetrazole rings is 1. The summed E-state index contributed by atoms with van der Waals surface area (Å²) >= 11 is 0. The standard InChI is InChI=1S/C14H19N5O2/c1-14(2,3)7-11(13(20)21)9-19-12(16-17-18-19)10-5-4-6-15-8-10/h4-6,8,11H,7,9H2,1-3H3,(H,20,21). The third kappa shape index (κ3) is 4.08. The second-order valence-corrected chi connectivity index (χ2v) is 6.23. The lowest BCUT2D eigenvalue weighted by molar-refractivity contribution is -0.143. The molecule has 1 N–H and O–H groups in total. The van der Waals surface area contributed by atoms with Crippen LogP contribution in [0.5, 0.6) is 0 Å². The molecule has 2 rings (SSSR count). The molecule has 2 heterocycles. The molecular formula is C14H19N5O2. The van der Waals surface area contributed by atoms with E-state index >= 15 is 0 Å². The van der Waals surface area contributed by atoms with Gasteiger partial charge in [-0.1, -0.05) is 20.8 Å². The first-order valence-corrected chi connectivity index (χ1v) is 6.76. The molecule has 0 spiro atoms. The van der Waals surface area contributed by atoms with Crippen LogP contribution in [0.3, 0.4) is 0 Å². The summed E-state index contributed by atoms with van der Waals surface area (Å²) in [6.07, 6.45) is 3.87. The van der Waals surface area contributed by atoms with Gasteiger partial charge in [0.05, 0.1) is 12.5 Å². The molecule has 112 valence electrons. The van der Waals surface area contributed by atoms with Gasteiger partial charge >= 0.3 is 5.97 Å². The number of aliphatic carboxylic acids is 1. The predicted octanol–water partition coefficient (Wildman–Crippen LogP) is 1.87. The molecule has 0 saturated heterocycles. The highest BCUT2D eigenvalue weighted by molar-refractivity contribution is 5.70. The molecule has 7 heteroatoms. The van der Waals surface area contributed by atoms with Crippen molar-refractivity contribution in [2.24, 2.45) is 11.3 Å². The van der Waals surface area contributed by atoms with E-state index in [1.807, 2.05) is 26.8 Å². The van der Waals surface area contributed by atoms with E-state index in [1.54, 1.807) is 18.5 Å². The van der Waals surface area contributed by atoms with Gasteiger partial charge in [-0.15, -0.1) is 5.10 Å². The Balaban J connectivity index is 2.23. The molecule has 2 aromatic heterocycles. The van der Waals surface area contributed by atoms with Crippen molar-refractivity contribution in [1.82, 2.24) is 25.2 Å². The zero-order valence-electron chi connectivity index (χ0n) is 12.4. The number of pyridine rings is 1. The number of carbonyl (C=O) groups is 1. The van der Waals surface area contributed by atoms with Gasteiger partial charge in [0.2, 0.25) is 0 Å². The van der Waals surface area contributed by atoms with Gasteiger partial charge in [-0.25, -0.2) is 4.68 Å². The first-order valence-electron chi connectivity index (χ1n) is 6.76. The van der Waals surface area contributed by atoms with Gasteiger partial charge < -0.3 is 5.11 Å². The fourth-order valence-electron chi connectivity index (χ4n) is 2.21. The van der Waals surface area contributed by atoms with Crippen LogP contribution in [-0.2, 0) is 11.3 Å². The first kappa shape index (κ1) is 15.1. The summed E-state index contributed by atoms with van der Waals surface area (Å²) in [6, 6.07) is 3.63. The van der Waals surface area contributed by atoms with E-state index in [2.05, 4.69) is 20.5 Å². The van der Waals surface area contributed by atoms with Gasteiger partial charge in [-0.3, -0.25) is 9.78 Å². The monoisotopic (exact) mass is 289 g/mol. The third-order valence-electron chi connectivity index (χ3n) is 3.05. The summed E-state index contributed by atoms with van der Waals surface area (Å²) in [4.78, 5) is 15.5. The van der Waals surface area contributed by atoms with Crippen LogP contribution >= 0.6 is 0 Å². The maximum absolute atomic E-state index is 11.5. The fraction of sp³-hybridized carbons (Fsp3) is 0.500. The van der Waals surface area contributed by atoms with Crippen molar-refractivity contribution in [2.45, 2.75) is 33.7 Å². The Labute approximate surface area is 123 Å². The van der Waals surface area contributed by atoms with Gasteiger partial charge in [-0.05, 0) is 34.4 Å². The Morgan fingerprint density at radius 1 is 1.43 bits per heavy atom. The Bertz CT molecular complexity index is 603. The molecule has 0 aromatic carbocycles. The van der Waals surface area contributed by atoms with Gasteiger partial charge in [0.15, 0.2) is 5.82 Å². The third-order valence-corrected chi connectivity index (χ3v) is 3.05. The smallest absolute Gasteiger partial charge is 0.308 e. The van der Waals surface area contributed by atoms with Crippen molar-refractivity contribution in [3.8, 4) is 11.4 Å². The van der Waals surface area contributed by atoms with Crippen LogP contribution in [0.1, 0.15) is 27.2 Å². The minimum absolute atomic E-state index is 0.0778. The van der Waals surface area contributed by atoms with Gasteiger partial charge in [0, 0.05) is 18.0 Å². The van der Waals surface area contributed by atoms with E-state index in [0.717, 1.165) is 5.56 Å². The van der Waals surface area contributed by atoms with E-state index in [9.17, 15) is 9.90 Å².